The summed E-state index contributed by atoms with van der Waals surface area (Å²) in [7, 11) is 0. The molecule has 0 saturated carbocycles. The molecule has 0 heterocycles. The Labute approximate surface area is 84.8 Å². The van der Waals surface area contributed by atoms with Gasteiger partial charge in [-0.15, -0.1) is 0 Å². The molecule has 1 aromatic rings. The Morgan fingerprint density at radius 2 is 2.00 bits per heavy atom. The molecule has 1 rings (SSSR count). The molecule has 0 N–H and O–H groups in total. The van der Waals surface area contributed by atoms with E-state index in [4.69, 9.17) is 0 Å². The third-order valence-electron chi connectivity index (χ3n) is 2.35. The second-order valence-corrected chi connectivity index (χ2v) is 3.22. The number of allylic oxidation sites excluding steroid dienone is 2. The van der Waals surface area contributed by atoms with E-state index < -0.39 is 0 Å². The van der Waals surface area contributed by atoms with Crippen molar-refractivity contribution in [2.24, 2.45) is 0 Å². The van der Waals surface area contributed by atoms with Gasteiger partial charge in [0.05, 0.1) is 0 Å². The van der Waals surface area contributed by atoms with E-state index in [1.54, 1.807) is 6.08 Å². The molecule has 0 amide bonds. The van der Waals surface area contributed by atoms with E-state index in [9.17, 15) is 4.79 Å². The van der Waals surface area contributed by atoms with Crippen molar-refractivity contribution in [1.29, 1.82) is 0 Å². The van der Waals surface area contributed by atoms with Crippen molar-refractivity contribution in [1.82, 2.24) is 0 Å². The molecule has 0 aliphatic rings. The number of hydrogen-bond acceptors (Lipinski definition) is 1. The molecule has 0 bridgehead atoms. The molecule has 0 aromatic heterocycles. The molecule has 0 unspecified atom stereocenters. The zero-order valence-corrected chi connectivity index (χ0v) is 8.58. The molecule has 0 aliphatic carbocycles. The van der Waals surface area contributed by atoms with Gasteiger partial charge < -0.3 is 0 Å². The maximum Gasteiger partial charge on any atom is 0.150 e. The fourth-order valence-corrected chi connectivity index (χ4v) is 1.35. The van der Waals surface area contributed by atoms with Gasteiger partial charge in [0, 0.05) is 5.56 Å². The standard InChI is InChI=1S/C13H14O/c1-4-5-6-13-11(3)10(2)7-8-12(13)9-14/h4-9H,1H2,2-3H3/b6-5-. The highest BCUT2D eigenvalue weighted by Crippen LogP contribution is 2.18. The number of carbonyl (C=O) groups excluding carboxylic acids is 1. The van der Waals surface area contributed by atoms with Crippen LogP contribution in [0, 0.1) is 13.8 Å². The molecule has 0 fully saturated rings. The third kappa shape index (κ3) is 1.99. The number of hydrogen-bond donors (Lipinski definition) is 0. The molecule has 0 aliphatic heterocycles. The van der Waals surface area contributed by atoms with Crippen LogP contribution in [0.25, 0.3) is 6.08 Å². The topological polar surface area (TPSA) is 17.1 Å². The highest BCUT2D eigenvalue weighted by molar-refractivity contribution is 5.83. The van der Waals surface area contributed by atoms with Gasteiger partial charge >= 0.3 is 0 Å². The molecular formula is C13H14O. The minimum atomic E-state index is 0.728. The lowest BCUT2D eigenvalue weighted by Crippen LogP contribution is -1.92. The van der Waals surface area contributed by atoms with Gasteiger partial charge in [0.2, 0.25) is 0 Å². The van der Waals surface area contributed by atoms with Crippen LogP contribution in [0.2, 0.25) is 0 Å². The molecule has 1 heteroatoms. The largest absolute Gasteiger partial charge is 0.298 e. The number of benzene rings is 1. The number of carbonyl (C=O) groups is 1. The summed E-state index contributed by atoms with van der Waals surface area (Å²) >= 11 is 0. The normalized spacial score (nSPS) is 10.4. The van der Waals surface area contributed by atoms with Crippen LogP contribution in [0.1, 0.15) is 27.0 Å². The highest BCUT2D eigenvalue weighted by atomic mass is 16.1. The van der Waals surface area contributed by atoms with E-state index in [0.717, 1.165) is 23.0 Å². The van der Waals surface area contributed by atoms with Crippen LogP contribution in [-0.4, -0.2) is 6.29 Å². The fraction of sp³-hybridized carbons (Fsp3) is 0.154. The maximum atomic E-state index is 10.8. The molecule has 72 valence electrons. The summed E-state index contributed by atoms with van der Waals surface area (Å²) < 4.78 is 0. The Hall–Kier alpha value is -1.63. The predicted octanol–water partition coefficient (Wildman–Crippen LogP) is 3.32. The molecular weight excluding hydrogens is 172 g/mol. The van der Waals surface area contributed by atoms with Gasteiger partial charge in [-0.05, 0) is 30.5 Å². The Balaban J connectivity index is 3.34. The van der Waals surface area contributed by atoms with Crippen molar-refractivity contribution in [3.63, 3.8) is 0 Å². The lowest BCUT2D eigenvalue weighted by molar-refractivity contribution is 0.112. The molecule has 14 heavy (non-hydrogen) atoms. The van der Waals surface area contributed by atoms with Crippen molar-refractivity contribution in [2.45, 2.75) is 13.8 Å². The molecule has 1 nitrogen and oxygen atoms in total. The lowest BCUT2D eigenvalue weighted by atomic mass is 9.98. The zero-order valence-electron chi connectivity index (χ0n) is 8.58. The SMILES string of the molecule is C=C/C=C\c1c(C=O)ccc(C)c1C. The zero-order chi connectivity index (χ0) is 10.6. The monoisotopic (exact) mass is 186 g/mol. The molecule has 0 spiro atoms. The first-order chi connectivity index (χ1) is 6.70. The molecule has 0 atom stereocenters. The highest BCUT2D eigenvalue weighted by Gasteiger charge is 2.03. The van der Waals surface area contributed by atoms with Gasteiger partial charge in [-0.25, -0.2) is 0 Å². The Morgan fingerprint density at radius 3 is 2.57 bits per heavy atom. The van der Waals surface area contributed by atoms with Crippen LogP contribution in [0.5, 0.6) is 0 Å². The summed E-state index contributed by atoms with van der Waals surface area (Å²) in [5.74, 6) is 0. The van der Waals surface area contributed by atoms with E-state index in [-0.39, 0.29) is 0 Å². The van der Waals surface area contributed by atoms with E-state index >= 15 is 0 Å². The number of aldehydes is 1. The summed E-state index contributed by atoms with van der Waals surface area (Å²) in [4.78, 5) is 10.8. The van der Waals surface area contributed by atoms with E-state index in [2.05, 4.69) is 6.58 Å². The van der Waals surface area contributed by atoms with Crippen LogP contribution in [0.15, 0.2) is 30.9 Å². The van der Waals surface area contributed by atoms with E-state index in [1.807, 2.05) is 38.1 Å². The van der Waals surface area contributed by atoms with Gasteiger partial charge in [-0.2, -0.15) is 0 Å². The van der Waals surface area contributed by atoms with Crippen molar-refractivity contribution >= 4 is 12.4 Å². The first-order valence-electron chi connectivity index (χ1n) is 4.55. The first-order valence-corrected chi connectivity index (χ1v) is 4.55. The van der Waals surface area contributed by atoms with Crippen molar-refractivity contribution in [3.8, 4) is 0 Å². The van der Waals surface area contributed by atoms with E-state index in [0.29, 0.717) is 0 Å². The Bertz CT molecular complexity index is 386. The number of rotatable bonds is 3. The quantitative estimate of drug-likeness (QED) is 0.522. The van der Waals surface area contributed by atoms with Gasteiger partial charge in [0.25, 0.3) is 0 Å². The smallest absolute Gasteiger partial charge is 0.150 e. The average Bonchev–Trinajstić information content (AvgIpc) is 2.20. The van der Waals surface area contributed by atoms with Crippen LogP contribution in [0.3, 0.4) is 0 Å². The second kappa shape index (κ2) is 4.56. The van der Waals surface area contributed by atoms with Crippen LogP contribution < -0.4 is 0 Å². The van der Waals surface area contributed by atoms with Crippen LogP contribution in [0.4, 0.5) is 0 Å². The summed E-state index contributed by atoms with van der Waals surface area (Å²) in [6.07, 6.45) is 6.35. The third-order valence-corrected chi connectivity index (χ3v) is 2.35. The summed E-state index contributed by atoms with van der Waals surface area (Å²) in [6, 6.07) is 3.81. The fourth-order valence-electron chi connectivity index (χ4n) is 1.35. The predicted molar refractivity (Wildman–Crippen MR) is 60.5 cm³/mol. The number of aryl methyl sites for hydroxylation is 1. The van der Waals surface area contributed by atoms with Crippen molar-refractivity contribution in [2.75, 3.05) is 0 Å². The molecule has 0 saturated heterocycles. The first kappa shape index (κ1) is 10.5. The molecule has 0 radical (unpaired) electrons. The minimum Gasteiger partial charge on any atom is -0.298 e. The molecule has 1 aromatic carbocycles. The van der Waals surface area contributed by atoms with Crippen LogP contribution >= 0.6 is 0 Å². The summed E-state index contributed by atoms with van der Waals surface area (Å²) in [6.45, 7) is 7.66. The van der Waals surface area contributed by atoms with Gasteiger partial charge in [-0.1, -0.05) is 36.9 Å². The van der Waals surface area contributed by atoms with Gasteiger partial charge in [0.1, 0.15) is 0 Å². The van der Waals surface area contributed by atoms with Crippen LogP contribution in [-0.2, 0) is 0 Å². The van der Waals surface area contributed by atoms with Crippen molar-refractivity contribution < 1.29 is 4.79 Å². The van der Waals surface area contributed by atoms with Gasteiger partial charge in [-0.3, -0.25) is 4.79 Å². The summed E-state index contributed by atoms with van der Waals surface area (Å²) in [5.41, 5.74) is 4.05. The second-order valence-electron chi connectivity index (χ2n) is 3.22. The minimum absolute atomic E-state index is 0.728. The Kier molecular flexibility index (Phi) is 3.41. The Morgan fingerprint density at radius 1 is 1.29 bits per heavy atom. The van der Waals surface area contributed by atoms with E-state index in [1.165, 1.54) is 5.56 Å². The average molecular weight is 186 g/mol. The van der Waals surface area contributed by atoms with Crippen molar-refractivity contribution in [3.05, 3.63) is 53.1 Å². The summed E-state index contributed by atoms with van der Waals surface area (Å²) in [5, 5.41) is 0. The maximum absolute atomic E-state index is 10.8. The van der Waals surface area contributed by atoms with Gasteiger partial charge in [0.15, 0.2) is 6.29 Å². The lowest BCUT2D eigenvalue weighted by Gasteiger charge is -2.06.